The van der Waals surface area contributed by atoms with Crippen LogP contribution in [-0.4, -0.2) is 166 Å². The van der Waals surface area contributed by atoms with E-state index < -0.39 is 5.60 Å². The van der Waals surface area contributed by atoms with Crippen LogP contribution in [0.4, 0.5) is 0 Å². The summed E-state index contributed by atoms with van der Waals surface area (Å²) >= 11 is 0. The van der Waals surface area contributed by atoms with Crippen LogP contribution in [0.15, 0.2) is 91.0 Å². The van der Waals surface area contributed by atoms with Crippen LogP contribution in [0.3, 0.4) is 0 Å². The van der Waals surface area contributed by atoms with Gasteiger partial charge in [-0.3, -0.25) is 0 Å². The van der Waals surface area contributed by atoms with E-state index in [9.17, 15) is 0 Å². The minimum Gasteiger partial charge on any atom is -0.382 e. The third kappa shape index (κ3) is 22.8. The van der Waals surface area contributed by atoms with Gasteiger partial charge in [0.25, 0.3) is 0 Å². The van der Waals surface area contributed by atoms with Crippen molar-refractivity contribution in [3.05, 3.63) is 108 Å². The van der Waals surface area contributed by atoms with Gasteiger partial charge in [0.05, 0.1) is 159 Å². The molecule has 0 saturated heterocycles. The maximum absolute atomic E-state index is 6.73. The summed E-state index contributed by atoms with van der Waals surface area (Å²) in [6, 6.07) is 31.0. The van der Waals surface area contributed by atoms with E-state index in [1.165, 1.54) is 0 Å². The number of hydrogen-bond acceptors (Lipinski definition) is 13. The molecular formula is C44H66O13. The van der Waals surface area contributed by atoms with Gasteiger partial charge in [-0.1, -0.05) is 91.0 Å². The molecule has 13 nitrogen and oxygen atoms in total. The van der Waals surface area contributed by atoms with Gasteiger partial charge in [-0.15, -0.1) is 0 Å². The van der Waals surface area contributed by atoms with Crippen LogP contribution >= 0.6 is 0 Å². The van der Waals surface area contributed by atoms with Gasteiger partial charge in [-0.25, -0.2) is 0 Å². The van der Waals surface area contributed by atoms with Gasteiger partial charge in [-0.05, 0) is 16.7 Å². The molecular weight excluding hydrogens is 736 g/mol. The van der Waals surface area contributed by atoms with Crippen LogP contribution in [-0.2, 0) is 67.2 Å². The molecule has 0 unspecified atom stereocenters. The van der Waals surface area contributed by atoms with Gasteiger partial charge in [0.15, 0.2) is 0 Å². The molecule has 0 saturated carbocycles. The SMILES string of the molecule is COCCOCCOCCOCCOCCOCCOCCOCCOCCOCCOCCOCCOC(c1ccccc1)(c1ccccc1)c1ccccc1. The van der Waals surface area contributed by atoms with E-state index in [1.54, 1.807) is 7.11 Å². The van der Waals surface area contributed by atoms with Gasteiger partial charge >= 0.3 is 0 Å². The van der Waals surface area contributed by atoms with E-state index in [0.717, 1.165) is 16.7 Å². The standard InChI is InChI=1S/C44H66O13/c1-45-17-18-46-19-20-47-21-22-48-23-24-49-25-26-50-27-28-51-29-30-52-31-32-53-33-34-54-35-36-55-37-38-56-39-40-57-44(41-11-5-2-6-12-41,42-13-7-3-8-14-42)43-15-9-4-10-16-43/h2-16H,17-40H2,1H3. The van der Waals surface area contributed by atoms with Crippen molar-refractivity contribution in [3.63, 3.8) is 0 Å². The Balaban J connectivity index is 1.03. The lowest BCUT2D eigenvalue weighted by atomic mass is 9.80. The van der Waals surface area contributed by atoms with Gasteiger partial charge in [-0.2, -0.15) is 0 Å². The fourth-order valence-electron chi connectivity index (χ4n) is 5.47. The Bertz CT molecular complexity index is 1180. The third-order valence-corrected chi connectivity index (χ3v) is 8.24. The Hall–Kier alpha value is -2.86. The predicted octanol–water partition coefficient (Wildman–Crippen LogP) is 4.82. The predicted molar refractivity (Wildman–Crippen MR) is 216 cm³/mol. The Morgan fingerprint density at radius 1 is 0.263 bits per heavy atom. The highest BCUT2D eigenvalue weighted by Crippen LogP contribution is 2.40. The summed E-state index contributed by atoms with van der Waals surface area (Å²) in [5.41, 5.74) is 2.45. The lowest BCUT2D eigenvalue weighted by molar-refractivity contribution is -0.0399. The Kier molecular flexibility index (Phi) is 29.9. The second-order valence-electron chi connectivity index (χ2n) is 12.4. The highest BCUT2D eigenvalue weighted by atomic mass is 16.6. The molecule has 0 atom stereocenters. The largest absolute Gasteiger partial charge is 0.382 e. The molecule has 0 N–H and O–H groups in total. The molecule has 0 radical (unpaired) electrons. The van der Waals surface area contributed by atoms with Crippen LogP contribution in [0.1, 0.15) is 16.7 Å². The second-order valence-corrected chi connectivity index (χ2v) is 12.4. The minimum absolute atomic E-state index is 0.414. The molecule has 0 bridgehead atoms. The minimum atomic E-state index is -0.753. The number of methoxy groups -OCH3 is 1. The summed E-state index contributed by atoms with van der Waals surface area (Å²) in [5.74, 6) is 0. The molecule has 3 rings (SSSR count). The highest BCUT2D eigenvalue weighted by Gasteiger charge is 2.37. The van der Waals surface area contributed by atoms with Crippen molar-refractivity contribution in [2.24, 2.45) is 0 Å². The van der Waals surface area contributed by atoms with E-state index in [1.807, 2.05) is 54.6 Å². The number of benzene rings is 3. The molecule has 0 aliphatic rings. The zero-order valence-electron chi connectivity index (χ0n) is 33.9. The summed E-state index contributed by atoms with van der Waals surface area (Å²) < 4.78 is 72.5. The normalized spacial score (nSPS) is 11.7. The fraction of sp³-hybridized carbons (Fsp3) is 0.591. The first-order valence-electron chi connectivity index (χ1n) is 20.0. The quantitative estimate of drug-likeness (QED) is 0.0578. The number of rotatable bonds is 40. The molecule has 0 spiro atoms. The fourth-order valence-corrected chi connectivity index (χ4v) is 5.47. The lowest BCUT2D eigenvalue weighted by Crippen LogP contribution is -2.34. The van der Waals surface area contributed by atoms with Crippen LogP contribution < -0.4 is 0 Å². The van der Waals surface area contributed by atoms with Gasteiger partial charge in [0.1, 0.15) is 5.60 Å². The number of ether oxygens (including phenoxy) is 13. The van der Waals surface area contributed by atoms with Crippen molar-refractivity contribution in [2.75, 3.05) is 166 Å². The van der Waals surface area contributed by atoms with Crippen LogP contribution in [0, 0.1) is 0 Å². The average molecular weight is 803 g/mol. The molecule has 0 aliphatic heterocycles. The van der Waals surface area contributed by atoms with E-state index >= 15 is 0 Å². The van der Waals surface area contributed by atoms with Gasteiger partial charge < -0.3 is 61.6 Å². The molecule has 3 aromatic carbocycles. The molecule has 3 aromatic rings. The highest BCUT2D eigenvalue weighted by molar-refractivity contribution is 5.47. The van der Waals surface area contributed by atoms with Crippen LogP contribution in [0.2, 0.25) is 0 Å². The molecule has 320 valence electrons. The smallest absolute Gasteiger partial charge is 0.143 e. The van der Waals surface area contributed by atoms with Crippen molar-refractivity contribution in [1.29, 1.82) is 0 Å². The van der Waals surface area contributed by atoms with E-state index in [4.69, 9.17) is 61.6 Å². The topological polar surface area (TPSA) is 120 Å². The van der Waals surface area contributed by atoms with Crippen LogP contribution in [0.25, 0.3) is 0 Å². The Morgan fingerprint density at radius 3 is 0.667 bits per heavy atom. The first-order valence-corrected chi connectivity index (χ1v) is 20.0. The first-order chi connectivity index (χ1) is 28.4. The maximum atomic E-state index is 6.73. The summed E-state index contributed by atoms with van der Waals surface area (Å²) in [4.78, 5) is 0. The second kappa shape index (κ2) is 35.1. The van der Waals surface area contributed by atoms with Crippen molar-refractivity contribution >= 4 is 0 Å². The molecule has 0 heterocycles. The molecule has 0 fully saturated rings. The average Bonchev–Trinajstić information content (AvgIpc) is 3.26. The monoisotopic (exact) mass is 802 g/mol. The molecule has 0 aromatic heterocycles. The number of hydrogen-bond donors (Lipinski definition) is 0. The van der Waals surface area contributed by atoms with Crippen LogP contribution in [0.5, 0.6) is 0 Å². The van der Waals surface area contributed by atoms with Crippen molar-refractivity contribution in [2.45, 2.75) is 5.60 Å². The summed E-state index contributed by atoms with van der Waals surface area (Å²) in [7, 11) is 1.65. The first kappa shape index (κ1) is 48.5. The summed E-state index contributed by atoms with van der Waals surface area (Å²) in [6.07, 6.45) is 0. The van der Waals surface area contributed by atoms with Gasteiger partial charge in [0, 0.05) is 7.11 Å². The zero-order chi connectivity index (χ0) is 40.0. The van der Waals surface area contributed by atoms with E-state index in [2.05, 4.69) is 36.4 Å². The molecule has 0 aliphatic carbocycles. The van der Waals surface area contributed by atoms with Crippen molar-refractivity contribution in [1.82, 2.24) is 0 Å². The molecule has 57 heavy (non-hydrogen) atoms. The van der Waals surface area contributed by atoms with Crippen molar-refractivity contribution < 1.29 is 61.6 Å². The lowest BCUT2D eigenvalue weighted by Gasteiger charge is -2.36. The van der Waals surface area contributed by atoms with Crippen molar-refractivity contribution in [3.8, 4) is 0 Å². The van der Waals surface area contributed by atoms with E-state index in [0.29, 0.717) is 159 Å². The van der Waals surface area contributed by atoms with E-state index in [-0.39, 0.29) is 0 Å². The molecule has 13 heteroatoms. The Morgan fingerprint density at radius 2 is 0.456 bits per heavy atom. The zero-order valence-corrected chi connectivity index (χ0v) is 33.9. The molecule has 0 amide bonds. The third-order valence-electron chi connectivity index (χ3n) is 8.24. The Labute approximate surface area is 340 Å². The summed E-state index contributed by atoms with van der Waals surface area (Å²) in [5, 5.41) is 0. The maximum Gasteiger partial charge on any atom is 0.143 e. The summed E-state index contributed by atoms with van der Waals surface area (Å²) in [6.45, 7) is 12.2. The van der Waals surface area contributed by atoms with Gasteiger partial charge in [0.2, 0.25) is 0 Å².